The van der Waals surface area contributed by atoms with Crippen molar-refractivity contribution in [1.29, 1.82) is 0 Å². The molecule has 1 aliphatic rings. The fourth-order valence-electron chi connectivity index (χ4n) is 2.63. The first kappa shape index (κ1) is 14.9. The molecule has 0 saturated carbocycles. The zero-order chi connectivity index (χ0) is 12.5. The highest BCUT2D eigenvalue weighted by Crippen LogP contribution is 2.19. The van der Waals surface area contributed by atoms with Gasteiger partial charge in [0.25, 0.3) is 0 Å². The minimum Gasteiger partial charge on any atom is -0.380 e. The summed E-state index contributed by atoms with van der Waals surface area (Å²) in [6.07, 6.45) is 3.84. The average molecular weight is 242 g/mol. The highest BCUT2D eigenvalue weighted by Gasteiger charge is 2.23. The largest absolute Gasteiger partial charge is 0.380 e. The Hall–Kier alpha value is -0.120. The van der Waals surface area contributed by atoms with Gasteiger partial charge in [0.1, 0.15) is 0 Å². The lowest BCUT2D eigenvalue weighted by atomic mass is 9.91. The van der Waals surface area contributed by atoms with Crippen molar-refractivity contribution in [1.82, 2.24) is 10.2 Å². The van der Waals surface area contributed by atoms with E-state index in [2.05, 4.69) is 31.0 Å². The van der Waals surface area contributed by atoms with E-state index in [1.54, 1.807) is 0 Å². The number of nitrogens with one attached hydrogen (secondary N) is 1. The predicted molar refractivity (Wildman–Crippen MR) is 73.4 cm³/mol. The molecule has 0 spiro atoms. The molecule has 0 aromatic heterocycles. The smallest absolute Gasteiger partial charge is 0.0593 e. The van der Waals surface area contributed by atoms with E-state index in [-0.39, 0.29) is 0 Å². The Labute approximate surface area is 107 Å². The van der Waals surface area contributed by atoms with Gasteiger partial charge in [-0.15, -0.1) is 0 Å². The number of likely N-dealkylation sites (tertiary alicyclic amines) is 1. The fourth-order valence-corrected chi connectivity index (χ4v) is 2.63. The van der Waals surface area contributed by atoms with Gasteiger partial charge in [0, 0.05) is 25.7 Å². The Balaban J connectivity index is 2.19. The van der Waals surface area contributed by atoms with Gasteiger partial charge < -0.3 is 15.0 Å². The van der Waals surface area contributed by atoms with Gasteiger partial charge in [-0.1, -0.05) is 13.8 Å². The second kappa shape index (κ2) is 8.90. The van der Waals surface area contributed by atoms with Gasteiger partial charge in [0.2, 0.25) is 0 Å². The summed E-state index contributed by atoms with van der Waals surface area (Å²) in [5.41, 5.74) is 0. The van der Waals surface area contributed by atoms with E-state index in [0.717, 1.165) is 38.6 Å². The van der Waals surface area contributed by atoms with Crippen molar-refractivity contribution in [2.45, 2.75) is 46.1 Å². The van der Waals surface area contributed by atoms with Crippen molar-refractivity contribution >= 4 is 0 Å². The molecule has 0 aromatic rings. The molecular weight excluding hydrogens is 212 g/mol. The van der Waals surface area contributed by atoms with Gasteiger partial charge in [-0.3, -0.25) is 0 Å². The average Bonchev–Trinajstić information content (AvgIpc) is 2.35. The van der Waals surface area contributed by atoms with E-state index in [1.807, 2.05) is 0 Å². The maximum atomic E-state index is 5.57. The normalized spacial score (nSPS) is 23.8. The minimum atomic E-state index is 0.652. The molecule has 0 aliphatic carbocycles. The molecule has 0 bridgehead atoms. The summed E-state index contributed by atoms with van der Waals surface area (Å²) in [7, 11) is 0. The Morgan fingerprint density at radius 2 is 2.18 bits per heavy atom. The standard InChI is InChI=1S/C14H30N2O/c1-4-10-17-11-9-16-8-6-7-14(12-16)13(3)15-5-2/h13-15H,4-12H2,1-3H3. The van der Waals surface area contributed by atoms with Crippen LogP contribution in [-0.4, -0.2) is 50.3 Å². The molecule has 1 aliphatic heterocycles. The van der Waals surface area contributed by atoms with Crippen LogP contribution in [0.3, 0.4) is 0 Å². The van der Waals surface area contributed by atoms with Gasteiger partial charge in [-0.25, -0.2) is 0 Å². The van der Waals surface area contributed by atoms with Crippen LogP contribution < -0.4 is 5.32 Å². The lowest BCUT2D eigenvalue weighted by Crippen LogP contribution is -2.45. The van der Waals surface area contributed by atoms with Crippen LogP contribution in [0.25, 0.3) is 0 Å². The molecule has 17 heavy (non-hydrogen) atoms. The number of rotatable bonds is 8. The lowest BCUT2D eigenvalue weighted by Gasteiger charge is -2.36. The third kappa shape index (κ3) is 5.84. The monoisotopic (exact) mass is 242 g/mol. The molecule has 2 unspecified atom stereocenters. The first-order valence-corrected chi connectivity index (χ1v) is 7.31. The molecule has 1 heterocycles. The second-order valence-corrected chi connectivity index (χ2v) is 5.16. The van der Waals surface area contributed by atoms with Crippen molar-refractivity contribution in [2.24, 2.45) is 5.92 Å². The van der Waals surface area contributed by atoms with Gasteiger partial charge in [-0.05, 0) is 45.2 Å². The molecular formula is C14H30N2O. The Bertz CT molecular complexity index is 187. The summed E-state index contributed by atoms with van der Waals surface area (Å²) in [5, 5.41) is 3.55. The molecule has 1 saturated heterocycles. The molecule has 0 aromatic carbocycles. The van der Waals surface area contributed by atoms with E-state index in [0.29, 0.717) is 6.04 Å². The number of ether oxygens (including phenoxy) is 1. The molecule has 3 heteroatoms. The summed E-state index contributed by atoms with van der Waals surface area (Å²) >= 11 is 0. The highest BCUT2D eigenvalue weighted by atomic mass is 16.5. The molecule has 102 valence electrons. The molecule has 2 atom stereocenters. The number of nitrogens with zero attached hydrogens (tertiary/aromatic N) is 1. The van der Waals surface area contributed by atoms with Gasteiger partial charge >= 0.3 is 0 Å². The summed E-state index contributed by atoms with van der Waals surface area (Å²) in [4.78, 5) is 2.57. The molecule has 1 fully saturated rings. The van der Waals surface area contributed by atoms with Crippen LogP contribution in [0.2, 0.25) is 0 Å². The Morgan fingerprint density at radius 3 is 2.88 bits per heavy atom. The number of hydrogen-bond donors (Lipinski definition) is 1. The first-order valence-electron chi connectivity index (χ1n) is 7.31. The maximum absolute atomic E-state index is 5.57. The van der Waals surface area contributed by atoms with Crippen molar-refractivity contribution in [3.8, 4) is 0 Å². The quantitative estimate of drug-likeness (QED) is 0.660. The Morgan fingerprint density at radius 1 is 1.35 bits per heavy atom. The maximum Gasteiger partial charge on any atom is 0.0593 e. The molecule has 0 radical (unpaired) electrons. The lowest BCUT2D eigenvalue weighted by molar-refractivity contribution is 0.0796. The van der Waals surface area contributed by atoms with Crippen molar-refractivity contribution < 1.29 is 4.74 Å². The van der Waals surface area contributed by atoms with E-state index in [4.69, 9.17) is 4.74 Å². The summed E-state index contributed by atoms with van der Waals surface area (Å²) in [6, 6.07) is 0.652. The van der Waals surface area contributed by atoms with Crippen LogP contribution in [0.4, 0.5) is 0 Å². The third-order valence-corrected chi connectivity index (χ3v) is 3.68. The zero-order valence-electron chi connectivity index (χ0n) is 11.9. The topological polar surface area (TPSA) is 24.5 Å². The predicted octanol–water partition coefficient (Wildman–Crippen LogP) is 2.12. The van der Waals surface area contributed by atoms with Crippen LogP contribution in [0.1, 0.15) is 40.0 Å². The number of hydrogen-bond acceptors (Lipinski definition) is 3. The summed E-state index contributed by atoms with van der Waals surface area (Å²) < 4.78 is 5.57. The van der Waals surface area contributed by atoms with Crippen LogP contribution in [0.15, 0.2) is 0 Å². The van der Waals surface area contributed by atoms with E-state index in [9.17, 15) is 0 Å². The van der Waals surface area contributed by atoms with E-state index < -0.39 is 0 Å². The van der Waals surface area contributed by atoms with Crippen LogP contribution >= 0.6 is 0 Å². The van der Waals surface area contributed by atoms with E-state index >= 15 is 0 Å². The zero-order valence-corrected chi connectivity index (χ0v) is 11.9. The molecule has 1 rings (SSSR count). The van der Waals surface area contributed by atoms with Crippen molar-refractivity contribution in [3.63, 3.8) is 0 Å². The van der Waals surface area contributed by atoms with Gasteiger partial charge in [0.05, 0.1) is 6.61 Å². The fraction of sp³-hybridized carbons (Fsp3) is 1.00. The van der Waals surface area contributed by atoms with E-state index in [1.165, 1.54) is 25.9 Å². The van der Waals surface area contributed by atoms with Crippen LogP contribution in [0, 0.1) is 5.92 Å². The number of piperidine rings is 1. The Kier molecular flexibility index (Phi) is 7.82. The minimum absolute atomic E-state index is 0.652. The van der Waals surface area contributed by atoms with Crippen molar-refractivity contribution in [3.05, 3.63) is 0 Å². The molecule has 3 nitrogen and oxygen atoms in total. The van der Waals surface area contributed by atoms with Crippen LogP contribution in [-0.2, 0) is 4.74 Å². The molecule has 0 amide bonds. The third-order valence-electron chi connectivity index (χ3n) is 3.68. The van der Waals surface area contributed by atoms with Gasteiger partial charge in [0.15, 0.2) is 0 Å². The highest BCUT2D eigenvalue weighted by molar-refractivity contribution is 4.80. The summed E-state index contributed by atoms with van der Waals surface area (Å²) in [6.45, 7) is 13.2. The summed E-state index contributed by atoms with van der Waals surface area (Å²) in [5.74, 6) is 0.815. The second-order valence-electron chi connectivity index (χ2n) is 5.16. The van der Waals surface area contributed by atoms with Crippen LogP contribution in [0.5, 0.6) is 0 Å². The van der Waals surface area contributed by atoms with Crippen molar-refractivity contribution in [2.75, 3.05) is 39.4 Å². The van der Waals surface area contributed by atoms with Gasteiger partial charge in [-0.2, -0.15) is 0 Å². The first-order chi connectivity index (χ1) is 8.27. The molecule has 1 N–H and O–H groups in total. The SMILES string of the molecule is CCCOCCN1CCCC(C(C)NCC)C1.